The Morgan fingerprint density at radius 3 is 3.00 bits per heavy atom. The lowest BCUT2D eigenvalue weighted by atomic mass is 10.1. The third-order valence-corrected chi connectivity index (χ3v) is 3.65. The molecule has 0 amide bonds. The highest BCUT2D eigenvalue weighted by atomic mass is 16.5. The van der Waals surface area contributed by atoms with E-state index in [1.165, 1.54) is 25.8 Å². The maximum absolute atomic E-state index is 5.68. The van der Waals surface area contributed by atoms with Gasteiger partial charge in [0.15, 0.2) is 0 Å². The first kappa shape index (κ1) is 11.4. The predicted molar refractivity (Wildman–Crippen MR) is 62.1 cm³/mol. The molecule has 0 bridgehead atoms. The second-order valence-electron chi connectivity index (χ2n) is 5.04. The van der Waals surface area contributed by atoms with Crippen LogP contribution in [0.15, 0.2) is 0 Å². The van der Waals surface area contributed by atoms with Crippen molar-refractivity contribution < 1.29 is 4.74 Å². The van der Waals surface area contributed by atoms with Gasteiger partial charge in [-0.3, -0.25) is 4.90 Å². The molecule has 2 rings (SSSR count). The molecule has 0 spiro atoms. The number of morpholine rings is 1. The molecule has 3 heteroatoms. The van der Waals surface area contributed by atoms with Crippen LogP contribution in [0, 0.1) is 0 Å². The van der Waals surface area contributed by atoms with Gasteiger partial charge in [-0.1, -0.05) is 6.42 Å². The van der Waals surface area contributed by atoms with Crippen LogP contribution in [0.2, 0.25) is 0 Å². The van der Waals surface area contributed by atoms with Crippen LogP contribution >= 0.6 is 0 Å². The van der Waals surface area contributed by atoms with E-state index in [1.807, 2.05) is 0 Å². The van der Waals surface area contributed by atoms with Gasteiger partial charge < -0.3 is 10.1 Å². The third kappa shape index (κ3) is 2.92. The van der Waals surface area contributed by atoms with Crippen molar-refractivity contribution in [1.82, 2.24) is 10.2 Å². The fourth-order valence-corrected chi connectivity index (χ4v) is 2.72. The Hall–Kier alpha value is -0.120. The summed E-state index contributed by atoms with van der Waals surface area (Å²) in [5.41, 5.74) is 0. The Balaban J connectivity index is 1.93. The maximum atomic E-state index is 5.68. The second-order valence-corrected chi connectivity index (χ2v) is 5.04. The minimum Gasteiger partial charge on any atom is -0.376 e. The van der Waals surface area contributed by atoms with E-state index in [-0.39, 0.29) is 0 Å². The molecular formula is C12H24N2O. The molecule has 2 saturated heterocycles. The summed E-state index contributed by atoms with van der Waals surface area (Å²) in [7, 11) is 0. The van der Waals surface area contributed by atoms with Crippen molar-refractivity contribution in [2.75, 3.05) is 26.2 Å². The van der Waals surface area contributed by atoms with Crippen LogP contribution in [0.3, 0.4) is 0 Å². The summed E-state index contributed by atoms with van der Waals surface area (Å²) in [5, 5.41) is 3.55. The zero-order valence-electron chi connectivity index (χ0n) is 10.0. The smallest absolute Gasteiger partial charge is 0.0674 e. The standard InChI is InChI=1S/C12H24N2O/c1-10-9-15-11(2)8-14(10)12-5-3-4-6-13-7-12/h10-13H,3-9H2,1-2H3. The van der Waals surface area contributed by atoms with Crippen molar-refractivity contribution in [2.24, 2.45) is 0 Å². The molecule has 0 aliphatic carbocycles. The van der Waals surface area contributed by atoms with Crippen LogP contribution in [-0.2, 0) is 4.74 Å². The van der Waals surface area contributed by atoms with Gasteiger partial charge in [-0.05, 0) is 33.2 Å². The van der Waals surface area contributed by atoms with Gasteiger partial charge in [-0.25, -0.2) is 0 Å². The Bertz CT molecular complexity index is 190. The van der Waals surface area contributed by atoms with Crippen molar-refractivity contribution in [1.29, 1.82) is 0 Å². The van der Waals surface area contributed by atoms with Gasteiger partial charge in [0.25, 0.3) is 0 Å². The highest BCUT2D eigenvalue weighted by Crippen LogP contribution is 2.19. The monoisotopic (exact) mass is 212 g/mol. The number of hydrogen-bond donors (Lipinski definition) is 1. The molecule has 88 valence electrons. The van der Waals surface area contributed by atoms with E-state index in [2.05, 4.69) is 24.1 Å². The SMILES string of the molecule is CC1CN(C2CCCCNC2)C(C)CO1. The third-order valence-electron chi connectivity index (χ3n) is 3.65. The summed E-state index contributed by atoms with van der Waals surface area (Å²) in [5.74, 6) is 0. The molecule has 3 unspecified atom stereocenters. The Morgan fingerprint density at radius 2 is 2.13 bits per heavy atom. The van der Waals surface area contributed by atoms with Crippen LogP contribution in [0.4, 0.5) is 0 Å². The second kappa shape index (κ2) is 5.28. The zero-order valence-corrected chi connectivity index (χ0v) is 10.0. The molecule has 0 radical (unpaired) electrons. The van der Waals surface area contributed by atoms with E-state index in [1.54, 1.807) is 0 Å². The minimum absolute atomic E-state index is 0.407. The van der Waals surface area contributed by atoms with Gasteiger partial charge in [0, 0.05) is 25.2 Å². The van der Waals surface area contributed by atoms with Gasteiger partial charge in [0.1, 0.15) is 0 Å². The highest BCUT2D eigenvalue weighted by molar-refractivity contribution is 4.84. The number of nitrogens with one attached hydrogen (secondary N) is 1. The average molecular weight is 212 g/mol. The van der Waals surface area contributed by atoms with Crippen molar-refractivity contribution in [2.45, 2.75) is 51.3 Å². The van der Waals surface area contributed by atoms with E-state index >= 15 is 0 Å². The number of nitrogens with zero attached hydrogens (tertiary/aromatic N) is 1. The summed E-state index contributed by atoms with van der Waals surface area (Å²) in [4.78, 5) is 2.65. The van der Waals surface area contributed by atoms with Gasteiger partial charge in [0.05, 0.1) is 12.7 Å². The van der Waals surface area contributed by atoms with E-state index in [9.17, 15) is 0 Å². The molecule has 3 atom stereocenters. The molecule has 15 heavy (non-hydrogen) atoms. The molecule has 2 fully saturated rings. The molecular weight excluding hydrogens is 188 g/mol. The average Bonchev–Trinajstić information content (AvgIpc) is 2.50. The molecule has 3 nitrogen and oxygen atoms in total. The van der Waals surface area contributed by atoms with Crippen LogP contribution in [0.5, 0.6) is 0 Å². The molecule has 2 aliphatic heterocycles. The van der Waals surface area contributed by atoms with Gasteiger partial charge in [-0.15, -0.1) is 0 Å². The van der Waals surface area contributed by atoms with Crippen LogP contribution in [0.25, 0.3) is 0 Å². The number of hydrogen-bond acceptors (Lipinski definition) is 3. The minimum atomic E-state index is 0.407. The molecule has 0 aromatic heterocycles. The zero-order chi connectivity index (χ0) is 10.7. The van der Waals surface area contributed by atoms with Gasteiger partial charge in [0.2, 0.25) is 0 Å². The summed E-state index contributed by atoms with van der Waals surface area (Å²) in [6.45, 7) is 8.84. The van der Waals surface area contributed by atoms with Crippen molar-refractivity contribution in [3.8, 4) is 0 Å². The first-order valence-corrected chi connectivity index (χ1v) is 6.35. The summed E-state index contributed by atoms with van der Waals surface area (Å²) in [6, 6.07) is 1.32. The highest BCUT2D eigenvalue weighted by Gasteiger charge is 2.29. The molecule has 0 aromatic rings. The molecule has 1 N–H and O–H groups in total. The molecule has 0 aromatic carbocycles. The van der Waals surface area contributed by atoms with E-state index < -0.39 is 0 Å². The van der Waals surface area contributed by atoms with Gasteiger partial charge in [-0.2, -0.15) is 0 Å². The topological polar surface area (TPSA) is 24.5 Å². The van der Waals surface area contributed by atoms with E-state index in [0.717, 1.165) is 25.7 Å². The summed E-state index contributed by atoms with van der Waals surface area (Å²) < 4.78 is 5.68. The predicted octanol–water partition coefficient (Wildman–Crippen LogP) is 1.24. The fraction of sp³-hybridized carbons (Fsp3) is 1.00. The lowest BCUT2D eigenvalue weighted by molar-refractivity contribution is -0.0662. The quantitative estimate of drug-likeness (QED) is 0.708. The first-order chi connectivity index (χ1) is 7.27. The first-order valence-electron chi connectivity index (χ1n) is 6.35. The van der Waals surface area contributed by atoms with Crippen LogP contribution < -0.4 is 5.32 Å². The number of ether oxygens (including phenoxy) is 1. The van der Waals surface area contributed by atoms with Crippen LogP contribution in [-0.4, -0.2) is 49.3 Å². The number of rotatable bonds is 1. The molecule has 2 heterocycles. The largest absolute Gasteiger partial charge is 0.376 e. The van der Waals surface area contributed by atoms with Crippen molar-refractivity contribution in [3.05, 3.63) is 0 Å². The Labute approximate surface area is 93.2 Å². The van der Waals surface area contributed by atoms with E-state index in [0.29, 0.717) is 12.1 Å². The lowest BCUT2D eigenvalue weighted by Gasteiger charge is -2.41. The van der Waals surface area contributed by atoms with Crippen molar-refractivity contribution in [3.63, 3.8) is 0 Å². The van der Waals surface area contributed by atoms with Gasteiger partial charge >= 0.3 is 0 Å². The Kier molecular flexibility index (Phi) is 4.00. The Morgan fingerprint density at radius 1 is 1.27 bits per heavy atom. The summed E-state index contributed by atoms with van der Waals surface area (Å²) in [6.07, 6.45) is 4.47. The van der Waals surface area contributed by atoms with Crippen LogP contribution in [0.1, 0.15) is 33.1 Å². The lowest BCUT2D eigenvalue weighted by Crippen LogP contribution is -2.54. The summed E-state index contributed by atoms with van der Waals surface area (Å²) >= 11 is 0. The maximum Gasteiger partial charge on any atom is 0.0674 e. The van der Waals surface area contributed by atoms with Crippen molar-refractivity contribution >= 4 is 0 Å². The molecule has 0 saturated carbocycles. The fourth-order valence-electron chi connectivity index (χ4n) is 2.72. The molecule has 2 aliphatic rings. The van der Waals surface area contributed by atoms with E-state index in [4.69, 9.17) is 4.74 Å². The normalized spacial score (nSPS) is 40.0.